The number of amides is 1. The van der Waals surface area contributed by atoms with Crippen LogP contribution >= 0.6 is 0 Å². The van der Waals surface area contributed by atoms with Crippen LogP contribution in [0.25, 0.3) is 11.4 Å². The zero-order chi connectivity index (χ0) is 29.4. The van der Waals surface area contributed by atoms with E-state index in [0.717, 1.165) is 17.2 Å². The molecule has 0 aliphatic carbocycles. The number of halogens is 8. The van der Waals surface area contributed by atoms with Gasteiger partial charge >= 0.3 is 12.4 Å². The van der Waals surface area contributed by atoms with E-state index in [1.54, 1.807) is 5.10 Å². The highest BCUT2D eigenvalue weighted by Crippen LogP contribution is 2.33. The van der Waals surface area contributed by atoms with Gasteiger partial charge in [-0.25, -0.2) is 23.8 Å². The van der Waals surface area contributed by atoms with Gasteiger partial charge in [-0.1, -0.05) is 0 Å². The number of aromatic amines is 1. The van der Waals surface area contributed by atoms with Crippen molar-refractivity contribution in [2.45, 2.75) is 44.3 Å². The average Bonchev–Trinajstić information content (AvgIpc) is 2.84. The molecule has 0 saturated heterocycles. The van der Waals surface area contributed by atoms with Crippen molar-refractivity contribution in [2.24, 2.45) is 0 Å². The van der Waals surface area contributed by atoms with Crippen molar-refractivity contribution in [2.75, 3.05) is 18.4 Å². The number of alkyl halides is 7. The summed E-state index contributed by atoms with van der Waals surface area (Å²) >= 11 is 0. The molecule has 0 spiro atoms. The summed E-state index contributed by atoms with van der Waals surface area (Å²) in [7, 11) is 0. The van der Waals surface area contributed by atoms with Gasteiger partial charge in [0.1, 0.15) is 17.6 Å². The van der Waals surface area contributed by atoms with Gasteiger partial charge in [0, 0.05) is 37.0 Å². The van der Waals surface area contributed by atoms with E-state index in [9.17, 15) is 44.7 Å². The van der Waals surface area contributed by atoms with Crippen LogP contribution in [0.1, 0.15) is 40.4 Å². The molecule has 2 aromatic heterocycles. The van der Waals surface area contributed by atoms with Crippen LogP contribution in [0.2, 0.25) is 0 Å². The normalized spacial score (nSPS) is 15.5. The Hall–Kier alpha value is -4.11. The Morgan fingerprint density at radius 1 is 1.02 bits per heavy atom. The average molecular weight is 576 g/mol. The Morgan fingerprint density at radius 3 is 2.33 bits per heavy atom. The SMILES string of the molecule is C[C@@H](C[C@H](F)CN1CCc2cc(-c3ncc(C(F)(F)F)cn3)c(F)cc2C1=O)Nc1cn[nH]c(=O)c1C(F)(F)F. The lowest BCUT2D eigenvalue weighted by Crippen LogP contribution is -2.42. The Labute approximate surface area is 220 Å². The standard InChI is InChI=1S/C24H20F8N6O2/c1-11(36-18-9-35-37-21(39)19(18)24(30,31)32)4-14(25)10-38-3-2-12-5-16(17(26)6-15(12)22(38)40)20-33-7-13(8-34-20)23(27,28)29/h5-9,11,14H,2-4,10H2,1H3,(H2,36,37,39)/t11-,14-/m0/s1. The second-order valence-corrected chi connectivity index (χ2v) is 9.15. The molecule has 8 nitrogen and oxygen atoms in total. The summed E-state index contributed by atoms with van der Waals surface area (Å²) in [5.74, 6) is -1.96. The first-order chi connectivity index (χ1) is 18.6. The summed E-state index contributed by atoms with van der Waals surface area (Å²) in [6.07, 6.45) is -9.71. The summed E-state index contributed by atoms with van der Waals surface area (Å²) < 4.78 is 108. The van der Waals surface area contributed by atoms with Crippen molar-refractivity contribution in [1.29, 1.82) is 0 Å². The number of anilines is 1. The number of hydrogen-bond donors (Lipinski definition) is 2. The van der Waals surface area contributed by atoms with E-state index in [-0.39, 0.29) is 36.3 Å². The molecule has 214 valence electrons. The van der Waals surface area contributed by atoms with Crippen molar-refractivity contribution in [3.8, 4) is 11.4 Å². The van der Waals surface area contributed by atoms with Gasteiger partial charge < -0.3 is 10.2 Å². The van der Waals surface area contributed by atoms with Crippen molar-refractivity contribution in [1.82, 2.24) is 25.1 Å². The van der Waals surface area contributed by atoms with Gasteiger partial charge in [-0.15, -0.1) is 0 Å². The van der Waals surface area contributed by atoms with Crippen LogP contribution < -0.4 is 10.9 Å². The number of nitrogens with one attached hydrogen (secondary N) is 2. The van der Waals surface area contributed by atoms with Gasteiger partial charge in [0.15, 0.2) is 5.82 Å². The van der Waals surface area contributed by atoms with E-state index in [4.69, 9.17) is 0 Å². The largest absolute Gasteiger partial charge is 0.423 e. The van der Waals surface area contributed by atoms with E-state index in [1.807, 2.05) is 0 Å². The number of carbonyl (C=O) groups is 1. The van der Waals surface area contributed by atoms with Crippen LogP contribution in [0.5, 0.6) is 0 Å². The third-order valence-corrected chi connectivity index (χ3v) is 6.15. The number of carbonyl (C=O) groups excluding carboxylic acids is 1. The van der Waals surface area contributed by atoms with E-state index in [0.29, 0.717) is 18.0 Å². The first-order valence-corrected chi connectivity index (χ1v) is 11.7. The van der Waals surface area contributed by atoms with Gasteiger partial charge in [0.2, 0.25) is 0 Å². The molecule has 0 fully saturated rings. The second kappa shape index (κ2) is 10.8. The maximum Gasteiger partial charge on any atom is 0.423 e. The van der Waals surface area contributed by atoms with Crippen molar-refractivity contribution in [3.63, 3.8) is 0 Å². The number of aromatic nitrogens is 4. The second-order valence-electron chi connectivity index (χ2n) is 9.15. The zero-order valence-electron chi connectivity index (χ0n) is 20.5. The van der Waals surface area contributed by atoms with E-state index < -0.39 is 65.2 Å². The third kappa shape index (κ3) is 6.20. The van der Waals surface area contributed by atoms with Crippen LogP contribution in [0.4, 0.5) is 40.8 Å². The summed E-state index contributed by atoms with van der Waals surface area (Å²) in [4.78, 5) is 32.8. The Bertz CT molecular complexity index is 1460. The predicted octanol–water partition coefficient (Wildman–Crippen LogP) is 4.63. The minimum absolute atomic E-state index is 0.0310. The molecule has 0 radical (unpaired) electrons. The molecule has 3 aromatic rings. The lowest BCUT2D eigenvalue weighted by Gasteiger charge is -2.30. The van der Waals surface area contributed by atoms with E-state index in [1.165, 1.54) is 13.0 Å². The van der Waals surface area contributed by atoms with Crippen LogP contribution in [0.15, 0.2) is 35.5 Å². The quantitative estimate of drug-likeness (QED) is 0.398. The molecule has 0 saturated carbocycles. The topological polar surface area (TPSA) is 104 Å². The number of hydrogen-bond acceptors (Lipinski definition) is 6. The molecule has 0 bridgehead atoms. The number of fused-ring (bicyclic) bond motifs is 1. The molecular formula is C24H20F8N6O2. The fourth-order valence-electron chi connectivity index (χ4n) is 4.32. The number of benzene rings is 1. The van der Waals surface area contributed by atoms with Crippen LogP contribution in [-0.2, 0) is 18.8 Å². The minimum atomic E-state index is -4.98. The zero-order valence-corrected chi connectivity index (χ0v) is 20.5. The fraction of sp³-hybridized carbons (Fsp3) is 0.375. The molecule has 3 heterocycles. The lowest BCUT2D eigenvalue weighted by atomic mass is 9.95. The molecular weight excluding hydrogens is 556 g/mol. The summed E-state index contributed by atoms with van der Waals surface area (Å²) in [5.41, 5.74) is -4.60. The van der Waals surface area contributed by atoms with Gasteiger partial charge in [0.05, 0.1) is 29.6 Å². The van der Waals surface area contributed by atoms with Gasteiger partial charge in [-0.3, -0.25) is 9.59 Å². The maximum atomic E-state index is 14.9. The molecule has 1 aromatic carbocycles. The van der Waals surface area contributed by atoms with Gasteiger partial charge in [0.25, 0.3) is 11.5 Å². The number of nitrogens with zero attached hydrogens (tertiary/aromatic N) is 4. The first kappa shape index (κ1) is 28.9. The third-order valence-electron chi connectivity index (χ3n) is 6.15. The Morgan fingerprint density at radius 2 is 1.70 bits per heavy atom. The van der Waals surface area contributed by atoms with E-state index in [2.05, 4.69) is 20.4 Å². The Balaban J connectivity index is 1.43. The van der Waals surface area contributed by atoms with Crippen molar-refractivity contribution >= 4 is 11.6 Å². The molecule has 1 amide bonds. The molecule has 16 heteroatoms. The summed E-state index contributed by atoms with van der Waals surface area (Å²) in [6.45, 7) is 0.986. The molecule has 40 heavy (non-hydrogen) atoms. The fourth-order valence-corrected chi connectivity index (χ4v) is 4.32. The highest BCUT2D eigenvalue weighted by Gasteiger charge is 2.38. The molecule has 2 atom stereocenters. The van der Waals surface area contributed by atoms with Crippen molar-refractivity contribution < 1.29 is 39.9 Å². The smallest absolute Gasteiger partial charge is 0.381 e. The molecule has 0 unspecified atom stereocenters. The van der Waals surface area contributed by atoms with Crippen LogP contribution in [0, 0.1) is 5.82 Å². The van der Waals surface area contributed by atoms with Crippen LogP contribution in [0.3, 0.4) is 0 Å². The number of rotatable bonds is 7. The van der Waals surface area contributed by atoms with Gasteiger partial charge in [-0.05, 0) is 31.0 Å². The molecule has 1 aliphatic heterocycles. The molecule has 1 aliphatic rings. The first-order valence-electron chi connectivity index (χ1n) is 11.7. The molecule has 4 rings (SSSR count). The lowest BCUT2D eigenvalue weighted by molar-refractivity contribution is -0.139. The van der Waals surface area contributed by atoms with E-state index >= 15 is 0 Å². The minimum Gasteiger partial charge on any atom is -0.381 e. The maximum absolute atomic E-state index is 14.9. The van der Waals surface area contributed by atoms with Crippen molar-refractivity contribution in [3.05, 3.63) is 69.1 Å². The summed E-state index contributed by atoms with van der Waals surface area (Å²) in [6, 6.07) is 1.25. The monoisotopic (exact) mass is 576 g/mol. The summed E-state index contributed by atoms with van der Waals surface area (Å²) in [5, 5.41) is 7.45. The Kier molecular flexibility index (Phi) is 7.81. The predicted molar refractivity (Wildman–Crippen MR) is 124 cm³/mol. The highest BCUT2D eigenvalue weighted by atomic mass is 19.4. The van der Waals surface area contributed by atoms with Crippen LogP contribution in [-0.4, -0.2) is 56.3 Å². The number of H-pyrrole nitrogens is 1. The highest BCUT2D eigenvalue weighted by molar-refractivity contribution is 5.97. The van der Waals surface area contributed by atoms with Gasteiger partial charge in [-0.2, -0.15) is 31.4 Å². The molecule has 2 N–H and O–H groups in total.